The summed E-state index contributed by atoms with van der Waals surface area (Å²) < 4.78 is 59.0. The third-order valence-electron chi connectivity index (χ3n) is 10.8. The Hall–Kier alpha value is -3.63. The fraction of sp³-hybridized carbons (Fsp3) is 0.471. The molecule has 2 bridgehead atoms. The lowest BCUT2D eigenvalue weighted by atomic mass is 9.95. The summed E-state index contributed by atoms with van der Waals surface area (Å²) in [7, 11) is 0. The zero-order valence-electron chi connectivity index (χ0n) is 24.6. The Morgan fingerprint density at radius 3 is 2.93 bits per heavy atom. The summed E-state index contributed by atoms with van der Waals surface area (Å²) in [6.45, 7) is 4.44. The number of hydrogen-bond acceptors (Lipinski definition) is 7. The van der Waals surface area contributed by atoms with Gasteiger partial charge in [-0.05, 0) is 61.6 Å². The maximum Gasteiger partial charge on any atom is 0.225 e. The van der Waals surface area contributed by atoms with Crippen LogP contribution in [0.4, 0.5) is 18.9 Å². The van der Waals surface area contributed by atoms with Crippen LogP contribution < -0.4 is 19.7 Å². The Kier molecular flexibility index (Phi) is 5.89. The predicted octanol–water partition coefficient (Wildman–Crippen LogP) is 5.69. The predicted molar refractivity (Wildman–Crippen MR) is 162 cm³/mol. The van der Waals surface area contributed by atoms with Crippen LogP contribution in [0.5, 0.6) is 11.8 Å². The standard InChI is InChI=1S/C34H34F3N5O2/c1-18-23(36)8-6-19-4-2-5-22(28(18)19)31-30(37)32-29-25(42-15-21-7-9-24(38-21)26(42)16-43-33(29)40-31)12-27(39-32)44-17-34-10-3-11-41(34)14-20(35)13-34/h2,4-6,8,12,20-21,24,26,38H,3,7,9-11,13-17H2,1H3/t20-,21-,24+,26-,34?/m1/s1. The number of nitrogens with zero attached hydrogens (tertiary/aromatic N) is 4. The lowest BCUT2D eigenvalue weighted by Gasteiger charge is -2.41. The first-order chi connectivity index (χ1) is 21.4. The van der Waals surface area contributed by atoms with Crippen molar-refractivity contribution in [2.75, 3.05) is 37.7 Å². The van der Waals surface area contributed by atoms with Crippen molar-refractivity contribution in [2.45, 2.75) is 68.9 Å². The van der Waals surface area contributed by atoms with E-state index in [9.17, 15) is 8.78 Å². The van der Waals surface area contributed by atoms with Crippen molar-refractivity contribution in [1.82, 2.24) is 20.2 Å². The van der Waals surface area contributed by atoms with Gasteiger partial charge in [0.05, 0.1) is 22.7 Å². The second kappa shape index (κ2) is 9.68. The molecule has 4 fully saturated rings. The third kappa shape index (κ3) is 3.89. The average molecular weight is 602 g/mol. The number of aryl methyl sites for hydroxylation is 1. The molecule has 7 heterocycles. The molecule has 1 N–H and O–H groups in total. The lowest BCUT2D eigenvalue weighted by Crippen LogP contribution is -2.59. The van der Waals surface area contributed by atoms with Gasteiger partial charge in [0.1, 0.15) is 36.4 Å². The molecule has 0 spiro atoms. The van der Waals surface area contributed by atoms with E-state index in [1.807, 2.05) is 18.2 Å². The molecule has 4 aromatic rings. The fourth-order valence-corrected chi connectivity index (χ4v) is 8.70. The topological polar surface area (TPSA) is 62.8 Å². The molecule has 5 aliphatic heterocycles. The van der Waals surface area contributed by atoms with Crippen LogP contribution >= 0.6 is 0 Å². The summed E-state index contributed by atoms with van der Waals surface area (Å²) >= 11 is 0. The maximum absolute atomic E-state index is 16.9. The van der Waals surface area contributed by atoms with E-state index in [4.69, 9.17) is 19.4 Å². The molecule has 2 aromatic heterocycles. The van der Waals surface area contributed by atoms with Crippen LogP contribution in [-0.2, 0) is 0 Å². The monoisotopic (exact) mass is 601 g/mol. The quantitative estimate of drug-likeness (QED) is 0.322. The van der Waals surface area contributed by atoms with Crippen molar-refractivity contribution in [3.05, 3.63) is 53.6 Å². The zero-order chi connectivity index (χ0) is 29.7. The van der Waals surface area contributed by atoms with Crippen molar-refractivity contribution >= 4 is 27.4 Å². The highest BCUT2D eigenvalue weighted by molar-refractivity contribution is 6.03. The molecule has 0 aliphatic carbocycles. The van der Waals surface area contributed by atoms with E-state index in [-0.39, 0.29) is 34.7 Å². The second-order valence-corrected chi connectivity index (χ2v) is 13.3. The highest BCUT2D eigenvalue weighted by Crippen LogP contribution is 2.46. The SMILES string of the molecule is Cc1c(F)ccc2cccc(-c3nc4c5c(cc(OCC67CCCN6C[C@H](F)C7)nc5c3F)N3C[C@H]5CC[C@H](N5)[C@H]3CO4)c12. The number of fused-ring (bicyclic) bond motifs is 7. The van der Waals surface area contributed by atoms with E-state index in [0.717, 1.165) is 49.8 Å². The van der Waals surface area contributed by atoms with E-state index in [0.29, 0.717) is 65.9 Å². The van der Waals surface area contributed by atoms with Crippen LogP contribution in [0, 0.1) is 18.6 Å². The van der Waals surface area contributed by atoms with Gasteiger partial charge in [-0.2, -0.15) is 0 Å². The summed E-state index contributed by atoms with van der Waals surface area (Å²) in [4.78, 5) is 14.1. The minimum absolute atomic E-state index is 0.0350. The van der Waals surface area contributed by atoms with Gasteiger partial charge in [0, 0.05) is 43.2 Å². The lowest BCUT2D eigenvalue weighted by molar-refractivity contribution is 0.111. The van der Waals surface area contributed by atoms with Crippen molar-refractivity contribution in [3.8, 4) is 23.0 Å². The Morgan fingerprint density at radius 2 is 2.02 bits per heavy atom. The van der Waals surface area contributed by atoms with Gasteiger partial charge in [0.15, 0.2) is 5.82 Å². The van der Waals surface area contributed by atoms with E-state index in [2.05, 4.69) is 15.1 Å². The summed E-state index contributed by atoms with van der Waals surface area (Å²) in [5, 5.41) is 5.64. The summed E-state index contributed by atoms with van der Waals surface area (Å²) in [6.07, 6.45) is 3.56. The fourth-order valence-electron chi connectivity index (χ4n) is 8.70. The summed E-state index contributed by atoms with van der Waals surface area (Å²) in [5.41, 5.74) is 1.54. The Balaban J connectivity index is 1.23. The van der Waals surface area contributed by atoms with Crippen LogP contribution in [0.25, 0.3) is 32.9 Å². The number of anilines is 1. The van der Waals surface area contributed by atoms with E-state index < -0.39 is 12.0 Å². The largest absolute Gasteiger partial charge is 0.476 e. The Bertz CT molecular complexity index is 1840. The van der Waals surface area contributed by atoms with Gasteiger partial charge < -0.3 is 19.7 Å². The molecule has 5 aliphatic rings. The number of nitrogens with one attached hydrogen (secondary N) is 1. The van der Waals surface area contributed by atoms with Gasteiger partial charge in [0.2, 0.25) is 11.8 Å². The van der Waals surface area contributed by atoms with Crippen molar-refractivity contribution < 1.29 is 22.6 Å². The first kappa shape index (κ1) is 26.7. The zero-order valence-corrected chi connectivity index (χ0v) is 24.6. The molecule has 10 heteroatoms. The number of pyridine rings is 2. The van der Waals surface area contributed by atoms with Crippen LogP contribution in [0.3, 0.4) is 0 Å². The van der Waals surface area contributed by atoms with Crippen molar-refractivity contribution in [1.29, 1.82) is 0 Å². The molecule has 0 amide bonds. The molecule has 7 nitrogen and oxygen atoms in total. The number of ether oxygens (including phenoxy) is 2. The average Bonchev–Trinajstić information content (AvgIpc) is 3.66. The number of benzene rings is 2. The van der Waals surface area contributed by atoms with Gasteiger partial charge in [0.25, 0.3) is 0 Å². The number of rotatable bonds is 4. The van der Waals surface area contributed by atoms with E-state index in [1.165, 1.54) is 6.07 Å². The molecule has 44 heavy (non-hydrogen) atoms. The first-order valence-electron chi connectivity index (χ1n) is 15.8. The molecule has 5 atom stereocenters. The van der Waals surface area contributed by atoms with Crippen LogP contribution in [0.1, 0.15) is 37.7 Å². The van der Waals surface area contributed by atoms with Crippen molar-refractivity contribution in [3.63, 3.8) is 0 Å². The normalized spacial score (nSPS) is 29.1. The molecule has 4 saturated heterocycles. The summed E-state index contributed by atoms with van der Waals surface area (Å²) in [5.74, 6) is -0.334. The number of halogens is 3. The Morgan fingerprint density at radius 1 is 1.11 bits per heavy atom. The number of piperazine rings is 1. The second-order valence-electron chi connectivity index (χ2n) is 13.3. The van der Waals surface area contributed by atoms with Crippen LogP contribution in [0.15, 0.2) is 36.4 Å². The van der Waals surface area contributed by atoms with Gasteiger partial charge in [-0.25, -0.2) is 23.1 Å². The Labute approximate surface area is 253 Å². The minimum atomic E-state index is -0.870. The highest BCUT2D eigenvalue weighted by atomic mass is 19.1. The van der Waals surface area contributed by atoms with Crippen LogP contribution in [0.2, 0.25) is 0 Å². The van der Waals surface area contributed by atoms with E-state index >= 15 is 4.39 Å². The van der Waals surface area contributed by atoms with Gasteiger partial charge in [-0.1, -0.05) is 24.3 Å². The molecular weight excluding hydrogens is 567 g/mol. The smallest absolute Gasteiger partial charge is 0.225 e. The number of alkyl halides is 1. The highest BCUT2D eigenvalue weighted by Gasteiger charge is 2.49. The van der Waals surface area contributed by atoms with Gasteiger partial charge in [-0.15, -0.1) is 0 Å². The maximum atomic E-state index is 16.9. The van der Waals surface area contributed by atoms with Gasteiger partial charge >= 0.3 is 0 Å². The first-order valence-corrected chi connectivity index (χ1v) is 15.8. The van der Waals surface area contributed by atoms with Crippen molar-refractivity contribution in [2.24, 2.45) is 0 Å². The number of hydrogen-bond donors (Lipinski definition) is 1. The number of aromatic nitrogens is 2. The molecular formula is C34H34F3N5O2. The molecule has 1 unspecified atom stereocenters. The minimum Gasteiger partial charge on any atom is -0.476 e. The molecule has 0 radical (unpaired) electrons. The van der Waals surface area contributed by atoms with Gasteiger partial charge in [-0.3, -0.25) is 4.90 Å². The summed E-state index contributed by atoms with van der Waals surface area (Å²) in [6, 6.07) is 11.1. The van der Waals surface area contributed by atoms with E-state index in [1.54, 1.807) is 19.1 Å². The molecule has 228 valence electrons. The molecule has 0 saturated carbocycles. The third-order valence-corrected chi connectivity index (χ3v) is 10.8. The van der Waals surface area contributed by atoms with Crippen LogP contribution in [-0.4, -0.2) is 77.6 Å². The molecule has 9 rings (SSSR count). The molecule has 2 aromatic carbocycles.